The lowest BCUT2D eigenvalue weighted by Crippen LogP contribution is -2.50. The maximum absolute atomic E-state index is 13.3. The predicted molar refractivity (Wildman–Crippen MR) is 105 cm³/mol. The predicted octanol–water partition coefficient (Wildman–Crippen LogP) is 3.06. The fourth-order valence-electron chi connectivity index (χ4n) is 3.85. The van der Waals surface area contributed by atoms with Gasteiger partial charge in [-0.15, -0.1) is 0 Å². The molecule has 0 aromatic heterocycles. The van der Waals surface area contributed by atoms with Gasteiger partial charge >= 0.3 is 6.09 Å². The average Bonchev–Trinajstić information content (AvgIpc) is 2.80. The van der Waals surface area contributed by atoms with Gasteiger partial charge in [0.2, 0.25) is 5.91 Å². The van der Waals surface area contributed by atoms with Crippen molar-refractivity contribution in [2.45, 2.75) is 43.9 Å². The van der Waals surface area contributed by atoms with E-state index in [4.69, 9.17) is 4.74 Å². The Balaban J connectivity index is 1.80. The first-order valence-electron chi connectivity index (χ1n) is 9.35. The van der Waals surface area contributed by atoms with Gasteiger partial charge < -0.3 is 19.8 Å². The second kappa shape index (κ2) is 7.16. The smallest absolute Gasteiger partial charge is 0.407 e. The van der Waals surface area contributed by atoms with Crippen molar-refractivity contribution >= 4 is 25.8 Å². The number of hydrogen-bond acceptors (Lipinski definition) is 4. The van der Waals surface area contributed by atoms with Crippen LogP contribution in [0.2, 0.25) is 25.7 Å². The molecular formula is C19H28N2O5Si. The molecule has 7 nitrogen and oxygen atoms in total. The molecule has 1 aromatic carbocycles. The number of aromatic hydroxyl groups is 1. The quantitative estimate of drug-likeness (QED) is 0.594. The van der Waals surface area contributed by atoms with Crippen molar-refractivity contribution in [3.8, 4) is 5.75 Å². The zero-order chi connectivity index (χ0) is 19.8. The van der Waals surface area contributed by atoms with Gasteiger partial charge in [-0.3, -0.25) is 9.69 Å². The Hall–Kier alpha value is -2.06. The number of rotatable bonds is 5. The highest BCUT2D eigenvalue weighted by molar-refractivity contribution is 6.76. The van der Waals surface area contributed by atoms with E-state index in [1.165, 1.54) is 4.90 Å². The Kier molecular flexibility index (Phi) is 5.22. The van der Waals surface area contributed by atoms with Crippen LogP contribution in [0, 0.1) is 0 Å². The van der Waals surface area contributed by atoms with E-state index in [-0.39, 0.29) is 18.4 Å². The first-order chi connectivity index (χ1) is 12.6. The fourth-order valence-corrected chi connectivity index (χ4v) is 4.61. The number of amides is 2. The Morgan fingerprint density at radius 3 is 2.52 bits per heavy atom. The minimum atomic E-state index is -1.21. The third-order valence-corrected chi connectivity index (χ3v) is 7.25. The molecule has 8 heteroatoms. The van der Waals surface area contributed by atoms with E-state index >= 15 is 0 Å². The summed E-state index contributed by atoms with van der Waals surface area (Å²) >= 11 is 0. The lowest BCUT2D eigenvalue weighted by molar-refractivity contribution is -0.125. The van der Waals surface area contributed by atoms with Crippen LogP contribution in [-0.2, 0) is 14.9 Å². The molecule has 2 N–H and O–H groups in total. The van der Waals surface area contributed by atoms with E-state index < -0.39 is 19.6 Å². The van der Waals surface area contributed by atoms with Crippen LogP contribution in [0.4, 0.5) is 10.5 Å². The van der Waals surface area contributed by atoms with E-state index in [1.54, 1.807) is 23.1 Å². The molecule has 2 heterocycles. The summed E-state index contributed by atoms with van der Waals surface area (Å²) in [7, 11) is -1.21. The van der Waals surface area contributed by atoms with Crippen molar-refractivity contribution < 1.29 is 24.5 Å². The highest BCUT2D eigenvalue weighted by Gasteiger charge is 2.52. The number of ether oxygens (including phenoxy) is 1. The molecule has 3 rings (SSSR count). The van der Waals surface area contributed by atoms with Crippen LogP contribution >= 0.6 is 0 Å². The topological polar surface area (TPSA) is 90.3 Å². The zero-order valence-electron chi connectivity index (χ0n) is 16.2. The number of carbonyl (C=O) groups excluding carboxylic acids is 1. The number of hydrogen-bond donors (Lipinski definition) is 2. The van der Waals surface area contributed by atoms with Crippen LogP contribution in [0.3, 0.4) is 0 Å². The molecule has 2 aliphatic heterocycles. The lowest BCUT2D eigenvalue weighted by atomic mass is 9.73. The van der Waals surface area contributed by atoms with Gasteiger partial charge in [0.15, 0.2) is 0 Å². The normalized spacial score (nSPS) is 18.9. The van der Waals surface area contributed by atoms with Gasteiger partial charge in [-0.05, 0) is 42.6 Å². The Bertz CT molecular complexity index is 738. The van der Waals surface area contributed by atoms with E-state index in [0.29, 0.717) is 32.5 Å². The van der Waals surface area contributed by atoms with Crippen LogP contribution < -0.4 is 4.90 Å². The van der Waals surface area contributed by atoms with Crippen LogP contribution in [0.15, 0.2) is 18.2 Å². The average molecular weight is 393 g/mol. The van der Waals surface area contributed by atoms with E-state index in [0.717, 1.165) is 17.3 Å². The molecule has 1 spiro atoms. The number of nitrogens with zero attached hydrogens (tertiary/aromatic N) is 2. The summed E-state index contributed by atoms with van der Waals surface area (Å²) in [6, 6.07) is 6.00. The number of likely N-dealkylation sites (tertiary alicyclic amines) is 1. The van der Waals surface area contributed by atoms with Gasteiger partial charge in [0.25, 0.3) is 0 Å². The monoisotopic (exact) mass is 392 g/mol. The Morgan fingerprint density at radius 1 is 1.26 bits per heavy atom. The zero-order valence-corrected chi connectivity index (χ0v) is 17.2. The molecular weight excluding hydrogens is 364 g/mol. The van der Waals surface area contributed by atoms with E-state index in [2.05, 4.69) is 19.6 Å². The van der Waals surface area contributed by atoms with Crippen LogP contribution in [-0.4, -0.2) is 61.6 Å². The number of piperidine rings is 1. The third kappa shape index (κ3) is 3.82. The number of benzene rings is 1. The van der Waals surface area contributed by atoms with Crippen molar-refractivity contribution in [1.29, 1.82) is 0 Å². The summed E-state index contributed by atoms with van der Waals surface area (Å²) in [6.07, 6.45) is -0.127. The second-order valence-corrected chi connectivity index (χ2v) is 14.3. The van der Waals surface area contributed by atoms with Gasteiger partial charge in [0, 0.05) is 27.8 Å². The standard InChI is InChI=1S/C19H28N2O5Si/c1-27(2,3)11-10-26-13-21-16-5-4-14(22)12-15(16)19(17(21)23)6-8-20(9-7-19)18(24)25/h4-5,12,22H,6-11,13H2,1-3H3,(H,24,25). The molecule has 1 fully saturated rings. The molecule has 2 amide bonds. The number of phenolic OH excluding ortho intramolecular Hbond substituents is 1. The first kappa shape index (κ1) is 19.7. The summed E-state index contributed by atoms with van der Waals surface area (Å²) in [5, 5.41) is 19.2. The molecule has 1 saturated heterocycles. The Morgan fingerprint density at radius 2 is 1.93 bits per heavy atom. The summed E-state index contributed by atoms with van der Waals surface area (Å²) in [6.45, 7) is 8.25. The Labute approximate surface area is 160 Å². The molecule has 148 valence electrons. The molecule has 0 unspecified atom stereocenters. The van der Waals surface area contributed by atoms with Crippen LogP contribution in [0.5, 0.6) is 5.75 Å². The first-order valence-corrected chi connectivity index (χ1v) is 13.1. The lowest BCUT2D eigenvalue weighted by Gasteiger charge is -2.37. The second-order valence-electron chi connectivity index (χ2n) is 8.63. The van der Waals surface area contributed by atoms with Gasteiger partial charge in [0.1, 0.15) is 12.5 Å². The highest BCUT2D eigenvalue weighted by atomic mass is 28.3. The molecule has 0 atom stereocenters. The number of fused-ring (bicyclic) bond motifs is 2. The van der Waals surface area contributed by atoms with E-state index in [9.17, 15) is 19.8 Å². The maximum atomic E-state index is 13.3. The molecule has 0 radical (unpaired) electrons. The van der Waals surface area contributed by atoms with Gasteiger partial charge in [0.05, 0.1) is 11.1 Å². The fraction of sp³-hybridized carbons (Fsp3) is 0.579. The summed E-state index contributed by atoms with van der Waals surface area (Å²) < 4.78 is 5.82. The molecule has 1 aromatic rings. The number of carboxylic acid groups (broad SMARTS) is 1. The van der Waals surface area contributed by atoms with Crippen molar-refractivity contribution in [1.82, 2.24) is 4.90 Å². The molecule has 0 bridgehead atoms. The number of phenols is 1. The minimum Gasteiger partial charge on any atom is -0.508 e. The van der Waals surface area contributed by atoms with Crippen LogP contribution in [0.1, 0.15) is 18.4 Å². The summed E-state index contributed by atoms with van der Waals surface area (Å²) in [5.41, 5.74) is 0.767. The van der Waals surface area contributed by atoms with Crippen molar-refractivity contribution in [2.24, 2.45) is 0 Å². The minimum absolute atomic E-state index is 0.0545. The molecule has 0 saturated carbocycles. The highest BCUT2D eigenvalue weighted by Crippen LogP contribution is 2.49. The van der Waals surface area contributed by atoms with Gasteiger partial charge in [-0.2, -0.15) is 0 Å². The van der Waals surface area contributed by atoms with Gasteiger partial charge in [-0.1, -0.05) is 19.6 Å². The summed E-state index contributed by atoms with van der Waals surface area (Å²) in [4.78, 5) is 27.5. The molecule has 0 aliphatic carbocycles. The van der Waals surface area contributed by atoms with Crippen LogP contribution in [0.25, 0.3) is 0 Å². The third-order valence-electron chi connectivity index (χ3n) is 5.55. The number of anilines is 1. The van der Waals surface area contributed by atoms with Crippen molar-refractivity contribution in [2.75, 3.05) is 31.3 Å². The van der Waals surface area contributed by atoms with Crippen molar-refractivity contribution in [3.05, 3.63) is 23.8 Å². The largest absolute Gasteiger partial charge is 0.508 e. The molecule has 27 heavy (non-hydrogen) atoms. The number of carbonyl (C=O) groups is 2. The van der Waals surface area contributed by atoms with E-state index in [1.807, 2.05) is 0 Å². The summed E-state index contributed by atoms with van der Waals surface area (Å²) in [5.74, 6) is 0.0595. The van der Waals surface area contributed by atoms with Crippen molar-refractivity contribution in [3.63, 3.8) is 0 Å². The SMILES string of the molecule is C[Si](C)(C)CCOCN1C(=O)C2(CCN(C(=O)O)CC2)c2cc(O)ccc21. The maximum Gasteiger partial charge on any atom is 0.407 e. The molecule has 2 aliphatic rings. The van der Waals surface area contributed by atoms with Gasteiger partial charge in [-0.25, -0.2) is 4.79 Å².